The molecule has 1 rings (SSSR count). The molecule has 1 fully saturated rings. The van der Waals surface area contributed by atoms with Gasteiger partial charge in [0.25, 0.3) is 0 Å². The summed E-state index contributed by atoms with van der Waals surface area (Å²) in [7, 11) is 0. The molecule has 0 heterocycles. The summed E-state index contributed by atoms with van der Waals surface area (Å²) in [6.45, 7) is 9.12. The predicted octanol–water partition coefficient (Wildman–Crippen LogP) is 1.99. The van der Waals surface area contributed by atoms with Gasteiger partial charge in [-0.1, -0.05) is 20.8 Å². The summed E-state index contributed by atoms with van der Waals surface area (Å²) < 4.78 is 0. The van der Waals surface area contributed by atoms with Crippen molar-refractivity contribution < 1.29 is 14.7 Å². The van der Waals surface area contributed by atoms with Crippen LogP contribution in [-0.4, -0.2) is 35.0 Å². The van der Waals surface area contributed by atoms with Crippen LogP contribution in [0.25, 0.3) is 0 Å². The van der Waals surface area contributed by atoms with Crippen molar-refractivity contribution >= 4 is 11.9 Å². The van der Waals surface area contributed by atoms with Gasteiger partial charge in [-0.15, -0.1) is 0 Å². The fraction of sp³-hybridized carbons (Fsp3) is 0.846. The van der Waals surface area contributed by atoms with Gasteiger partial charge < -0.3 is 10.0 Å². The number of rotatable bonds is 6. The molecule has 1 amide bonds. The average molecular weight is 241 g/mol. The van der Waals surface area contributed by atoms with Gasteiger partial charge in [0, 0.05) is 13.1 Å². The second-order valence-corrected chi connectivity index (χ2v) is 5.17. The lowest BCUT2D eigenvalue weighted by Gasteiger charge is -2.23. The normalized spacial score (nSPS) is 27.0. The maximum atomic E-state index is 12.2. The molecule has 1 N–H and O–H groups in total. The van der Waals surface area contributed by atoms with E-state index in [0.717, 1.165) is 13.0 Å². The molecule has 4 heteroatoms. The number of carboxylic acids is 1. The van der Waals surface area contributed by atoms with E-state index in [4.69, 9.17) is 0 Å². The first-order valence-electron chi connectivity index (χ1n) is 6.43. The summed E-state index contributed by atoms with van der Waals surface area (Å²) in [5.41, 5.74) is -0.807. The maximum absolute atomic E-state index is 12.2. The van der Waals surface area contributed by atoms with E-state index in [0.29, 0.717) is 13.0 Å². The van der Waals surface area contributed by atoms with Crippen LogP contribution in [0.1, 0.15) is 40.5 Å². The highest BCUT2D eigenvalue weighted by Crippen LogP contribution is 2.58. The molecule has 2 unspecified atom stereocenters. The Bertz CT molecular complexity index is 314. The SMILES string of the molecule is CCCN(CC)C(=O)C1CC1(C(=O)O)C(C)C. The number of carboxylic acid groups (broad SMARTS) is 1. The van der Waals surface area contributed by atoms with Crippen molar-refractivity contribution in [3.05, 3.63) is 0 Å². The van der Waals surface area contributed by atoms with E-state index in [9.17, 15) is 14.7 Å². The molecule has 0 aliphatic heterocycles. The number of carbonyl (C=O) groups excluding carboxylic acids is 1. The Morgan fingerprint density at radius 2 is 2.00 bits per heavy atom. The zero-order valence-corrected chi connectivity index (χ0v) is 11.2. The Hall–Kier alpha value is -1.06. The number of amides is 1. The minimum Gasteiger partial charge on any atom is -0.481 e. The molecule has 4 nitrogen and oxygen atoms in total. The number of nitrogens with zero attached hydrogens (tertiary/aromatic N) is 1. The van der Waals surface area contributed by atoms with Crippen LogP contribution in [0.15, 0.2) is 0 Å². The van der Waals surface area contributed by atoms with Crippen molar-refractivity contribution in [2.45, 2.75) is 40.5 Å². The second kappa shape index (κ2) is 5.07. The molecule has 2 atom stereocenters. The minimum absolute atomic E-state index is 0.00860. The first-order chi connectivity index (χ1) is 7.91. The summed E-state index contributed by atoms with van der Waals surface area (Å²) >= 11 is 0. The van der Waals surface area contributed by atoms with Crippen LogP contribution in [0, 0.1) is 17.3 Å². The lowest BCUT2D eigenvalue weighted by atomic mass is 9.89. The van der Waals surface area contributed by atoms with Crippen molar-refractivity contribution in [2.75, 3.05) is 13.1 Å². The van der Waals surface area contributed by atoms with Gasteiger partial charge in [0.15, 0.2) is 0 Å². The highest BCUT2D eigenvalue weighted by atomic mass is 16.4. The molecule has 0 saturated heterocycles. The molecule has 0 radical (unpaired) electrons. The maximum Gasteiger partial charge on any atom is 0.310 e. The monoisotopic (exact) mass is 241 g/mol. The molecule has 1 aliphatic carbocycles. The third-order valence-corrected chi connectivity index (χ3v) is 3.92. The molecular weight excluding hydrogens is 218 g/mol. The van der Waals surface area contributed by atoms with Gasteiger partial charge in [-0.2, -0.15) is 0 Å². The predicted molar refractivity (Wildman–Crippen MR) is 65.6 cm³/mol. The van der Waals surface area contributed by atoms with E-state index in [1.54, 1.807) is 4.90 Å². The number of aliphatic carboxylic acids is 1. The molecule has 98 valence electrons. The Kier molecular flexibility index (Phi) is 4.17. The highest BCUT2D eigenvalue weighted by Gasteiger charge is 2.66. The second-order valence-electron chi connectivity index (χ2n) is 5.17. The van der Waals surface area contributed by atoms with Crippen molar-refractivity contribution in [3.63, 3.8) is 0 Å². The van der Waals surface area contributed by atoms with Crippen LogP contribution >= 0.6 is 0 Å². The van der Waals surface area contributed by atoms with E-state index in [1.807, 2.05) is 27.7 Å². The summed E-state index contributed by atoms with van der Waals surface area (Å²) in [6.07, 6.45) is 1.41. The molecule has 0 spiro atoms. The fourth-order valence-corrected chi connectivity index (χ4v) is 2.62. The van der Waals surface area contributed by atoms with Crippen LogP contribution in [-0.2, 0) is 9.59 Å². The standard InChI is InChI=1S/C13H23NO3/c1-5-7-14(6-2)11(15)10-8-13(10,9(3)4)12(16)17/h9-10H,5-8H2,1-4H3,(H,16,17). The Morgan fingerprint density at radius 3 is 2.29 bits per heavy atom. The Morgan fingerprint density at radius 1 is 1.41 bits per heavy atom. The molecule has 0 aromatic carbocycles. The van der Waals surface area contributed by atoms with E-state index >= 15 is 0 Å². The average Bonchev–Trinajstić information content (AvgIpc) is 3.01. The quantitative estimate of drug-likeness (QED) is 0.773. The summed E-state index contributed by atoms with van der Waals surface area (Å²) in [4.78, 5) is 25.3. The molecule has 0 aromatic heterocycles. The molecule has 1 aliphatic rings. The largest absolute Gasteiger partial charge is 0.481 e. The van der Waals surface area contributed by atoms with Crippen molar-refractivity contribution in [2.24, 2.45) is 17.3 Å². The summed E-state index contributed by atoms with van der Waals surface area (Å²) in [5.74, 6) is -1.11. The molecule has 0 bridgehead atoms. The number of hydrogen-bond acceptors (Lipinski definition) is 2. The minimum atomic E-state index is -0.821. The van der Waals surface area contributed by atoms with Crippen LogP contribution < -0.4 is 0 Å². The van der Waals surface area contributed by atoms with Crippen LogP contribution in [0.2, 0.25) is 0 Å². The fourth-order valence-electron chi connectivity index (χ4n) is 2.62. The third-order valence-electron chi connectivity index (χ3n) is 3.92. The van der Waals surface area contributed by atoms with Crippen LogP contribution in [0.5, 0.6) is 0 Å². The van der Waals surface area contributed by atoms with Crippen molar-refractivity contribution in [3.8, 4) is 0 Å². The van der Waals surface area contributed by atoms with Gasteiger partial charge in [0.1, 0.15) is 0 Å². The lowest BCUT2D eigenvalue weighted by Crippen LogP contribution is -2.36. The molecule has 0 aromatic rings. The number of carbonyl (C=O) groups is 2. The topological polar surface area (TPSA) is 57.6 Å². The van der Waals surface area contributed by atoms with Gasteiger partial charge in [-0.3, -0.25) is 9.59 Å². The number of hydrogen-bond donors (Lipinski definition) is 1. The Labute approximate surface area is 103 Å². The molecule has 1 saturated carbocycles. The zero-order valence-electron chi connectivity index (χ0n) is 11.2. The van der Waals surface area contributed by atoms with Crippen LogP contribution in [0.3, 0.4) is 0 Å². The van der Waals surface area contributed by atoms with Gasteiger partial charge in [-0.05, 0) is 25.7 Å². The lowest BCUT2D eigenvalue weighted by molar-refractivity contribution is -0.149. The van der Waals surface area contributed by atoms with Crippen molar-refractivity contribution in [1.82, 2.24) is 4.90 Å². The smallest absolute Gasteiger partial charge is 0.310 e. The van der Waals surface area contributed by atoms with E-state index < -0.39 is 11.4 Å². The molecule has 17 heavy (non-hydrogen) atoms. The van der Waals surface area contributed by atoms with Gasteiger partial charge in [0.2, 0.25) is 5.91 Å². The summed E-state index contributed by atoms with van der Waals surface area (Å²) in [6, 6.07) is 0. The van der Waals surface area contributed by atoms with Gasteiger partial charge >= 0.3 is 5.97 Å². The first kappa shape index (κ1) is 14.0. The van der Waals surface area contributed by atoms with E-state index in [1.165, 1.54) is 0 Å². The highest BCUT2D eigenvalue weighted by molar-refractivity contribution is 5.92. The van der Waals surface area contributed by atoms with Crippen molar-refractivity contribution in [1.29, 1.82) is 0 Å². The van der Waals surface area contributed by atoms with Gasteiger partial charge in [0.05, 0.1) is 11.3 Å². The Balaban J connectivity index is 2.77. The molecular formula is C13H23NO3. The van der Waals surface area contributed by atoms with Gasteiger partial charge in [-0.25, -0.2) is 0 Å². The summed E-state index contributed by atoms with van der Waals surface area (Å²) in [5, 5.41) is 9.31. The van der Waals surface area contributed by atoms with Crippen LogP contribution in [0.4, 0.5) is 0 Å². The van der Waals surface area contributed by atoms with E-state index in [2.05, 4.69) is 0 Å². The third kappa shape index (κ3) is 2.31. The first-order valence-corrected chi connectivity index (χ1v) is 6.43. The van der Waals surface area contributed by atoms with E-state index in [-0.39, 0.29) is 17.7 Å². The zero-order chi connectivity index (χ0) is 13.2.